The monoisotopic (exact) mass is 390 g/mol. The maximum Gasteiger partial charge on any atom is 0.0595 e. The van der Waals surface area contributed by atoms with Gasteiger partial charge >= 0.3 is 0 Å². The molecule has 0 fully saturated rings. The lowest BCUT2D eigenvalue weighted by Gasteiger charge is -2.15. The van der Waals surface area contributed by atoms with Crippen molar-refractivity contribution in [2.45, 2.75) is 25.1 Å². The van der Waals surface area contributed by atoms with E-state index in [0.29, 0.717) is 10.0 Å². The molecule has 0 N–H and O–H groups in total. The number of benzene rings is 2. The van der Waals surface area contributed by atoms with Crippen LogP contribution in [0, 0.1) is 13.8 Å². The van der Waals surface area contributed by atoms with Crippen LogP contribution in [0.1, 0.15) is 27.1 Å². The van der Waals surface area contributed by atoms with E-state index < -0.39 is 0 Å². The Morgan fingerprint density at radius 1 is 0.900 bits per heavy atom. The van der Waals surface area contributed by atoms with Gasteiger partial charge in [-0.05, 0) is 60.7 Å². The molecule has 0 radical (unpaired) electrons. The zero-order chi connectivity index (χ0) is 14.9. The van der Waals surface area contributed by atoms with E-state index in [1.807, 2.05) is 24.3 Å². The molecule has 106 valence electrons. The summed E-state index contributed by atoms with van der Waals surface area (Å²) in [6.07, 6.45) is 0.805. The van der Waals surface area contributed by atoms with Crippen LogP contribution in [-0.4, -0.2) is 0 Å². The van der Waals surface area contributed by atoms with E-state index in [-0.39, 0.29) is 4.83 Å². The summed E-state index contributed by atoms with van der Waals surface area (Å²) in [6.45, 7) is 4.15. The molecule has 0 saturated carbocycles. The molecule has 0 aliphatic carbocycles. The van der Waals surface area contributed by atoms with Crippen LogP contribution in [0.3, 0.4) is 0 Å². The molecule has 4 heteroatoms. The fourth-order valence-electron chi connectivity index (χ4n) is 2.03. The van der Waals surface area contributed by atoms with Gasteiger partial charge in [0.2, 0.25) is 0 Å². The lowest BCUT2D eigenvalue weighted by Crippen LogP contribution is -1.98. The number of aryl methyl sites for hydroxylation is 2. The van der Waals surface area contributed by atoms with Crippen LogP contribution in [-0.2, 0) is 6.42 Å². The van der Waals surface area contributed by atoms with Gasteiger partial charge in [-0.3, -0.25) is 0 Å². The van der Waals surface area contributed by atoms with Crippen molar-refractivity contribution < 1.29 is 0 Å². The first kappa shape index (κ1) is 16.2. The van der Waals surface area contributed by atoms with Gasteiger partial charge in [-0.25, -0.2) is 0 Å². The summed E-state index contributed by atoms with van der Waals surface area (Å²) in [5.74, 6) is 0. The van der Waals surface area contributed by atoms with Crippen LogP contribution in [0.15, 0.2) is 30.3 Å². The molecule has 0 aliphatic heterocycles. The second kappa shape index (κ2) is 6.70. The summed E-state index contributed by atoms with van der Waals surface area (Å²) in [6, 6.07) is 9.84. The predicted octanol–water partition coefficient (Wildman–Crippen LogP) is 6.94. The van der Waals surface area contributed by atoms with Crippen LogP contribution in [0.5, 0.6) is 0 Å². The van der Waals surface area contributed by atoms with Gasteiger partial charge in [0.25, 0.3) is 0 Å². The van der Waals surface area contributed by atoms with Gasteiger partial charge < -0.3 is 0 Å². The minimum Gasteiger partial charge on any atom is -0.0840 e. The highest BCUT2D eigenvalue weighted by molar-refractivity contribution is 9.09. The third-order valence-corrected chi connectivity index (χ3v) is 5.23. The fraction of sp³-hybridized carbons (Fsp3) is 0.250. The number of hydrogen-bond acceptors (Lipinski definition) is 0. The van der Waals surface area contributed by atoms with E-state index in [0.717, 1.165) is 22.6 Å². The zero-order valence-corrected chi connectivity index (χ0v) is 15.0. The zero-order valence-electron chi connectivity index (χ0n) is 11.2. The highest BCUT2D eigenvalue weighted by Crippen LogP contribution is 2.35. The van der Waals surface area contributed by atoms with E-state index in [4.69, 9.17) is 34.8 Å². The molecule has 0 bridgehead atoms. The van der Waals surface area contributed by atoms with Crippen molar-refractivity contribution in [2.75, 3.05) is 0 Å². The molecule has 0 aliphatic rings. The third-order valence-electron chi connectivity index (χ3n) is 3.35. The number of alkyl halides is 1. The summed E-state index contributed by atoms with van der Waals surface area (Å²) < 4.78 is 0. The van der Waals surface area contributed by atoms with E-state index in [1.165, 1.54) is 11.1 Å². The van der Waals surface area contributed by atoms with Gasteiger partial charge in [-0.15, -0.1) is 0 Å². The Bertz CT molecular complexity index is 638. The predicted molar refractivity (Wildman–Crippen MR) is 92.8 cm³/mol. The highest BCUT2D eigenvalue weighted by atomic mass is 79.9. The summed E-state index contributed by atoms with van der Waals surface area (Å²) in [5.41, 5.74) is 4.66. The van der Waals surface area contributed by atoms with Gasteiger partial charge in [-0.2, -0.15) is 0 Å². The molecule has 0 nitrogen and oxygen atoms in total. The van der Waals surface area contributed by atoms with Crippen LogP contribution >= 0.6 is 50.7 Å². The van der Waals surface area contributed by atoms with Crippen molar-refractivity contribution in [3.05, 3.63) is 67.7 Å². The molecule has 20 heavy (non-hydrogen) atoms. The van der Waals surface area contributed by atoms with Crippen molar-refractivity contribution in [3.63, 3.8) is 0 Å². The number of halogens is 4. The van der Waals surface area contributed by atoms with Crippen molar-refractivity contribution in [1.82, 2.24) is 0 Å². The topological polar surface area (TPSA) is 0 Å². The van der Waals surface area contributed by atoms with Crippen LogP contribution in [0.4, 0.5) is 0 Å². The summed E-state index contributed by atoms with van der Waals surface area (Å²) in [4.78, 5) is 0.145. The van der Waals surface area contributed by atoms with E-state index in [1.54, 1.807) is 0 Å². The Hall–Kier alpha value is -0.210. The molecule has 2 aromatic carbocycles. The quantitative estimate of drug-likeness (QED) is 0.496. The van der Waals surface area contributed by atoms with Crippen molar-refractivity contribution in [3.8, 4) is 0 Å². The first-order valence-corrected chi connectivity index (χ1v) is 8.28. The third kappa shape index (κ3) is 3.71. The molecule has 0 aromatic heterocycles. The first-order valence-electron chi connectivity index (χ1n) is 6.23. The van der Waals surface area contributed by atoms with Crippen molar-refractivity contribution in [2.24, 2.45) is 0 Å². The Balaban J connectivity index is 2.25. The minimum atomic E-state index is 0.145. The van der Waals surface area contributed by atoms with Crippen LogP contribution in [0.25, 0.3) is 0 Å². The van der Waals surface area contributed by atoms with Crippen LogP contribution < -0.4 is 0 Å². The van der Waals surface area contributed by atoms with E-state index >= 15 is 0 Å². The van der Waals surface area contributed by atoms with E-state index in [9.17, 15) is 0 Å². The molecular weight excluding hydrogens is 378 g/mol. The standard InChI is InChI=1S/C16H14BrCl3/c1-9-5-12(15(19)6-10(9)2)13(17)7-11-3-4-14(18)16(20)8-11/h3-6,8,13H,7H2,1-2H3. The Morgan fingerprint density at radius 3 is 2.20 bits per heavy atom. The number of hydrogen-bond donors (Lipinski definition) is 0. The van der Waals surface area contributed by atoms with E-state index in [2.05, 4.69) is 35.8 Å². The second-order valence-corrected chi connectivity index (χ2v) is 7.21. The van der Waals surface area contributed by atoms with Crippen LogP contribution in [0.2, 0.25) is 15.1 Å². The summed E-state index contributed by atoms with van der Waals surface area (Å²) in [7, 11) is 0. The van der Waals surface area contributed by atoms with Gasteiger partial charge in [0.1, 0.15) is 0 Å². The minimum absolute atomic E-state index is 0.145. The summed E-state index contributed by atoms with van der Waals surface area (Å²) in [5, 5.41) is 1.94. The molecule has 0 heterocycles. The fourth-order valence-corrected chi connectivity index (χ4v) is 3.58. The van der Waals surface area contributed by atoms with Gasteiger partial charge in [0.05, 0.1) is 10.0 Å². The second-order valence-electron chi connectivity index (χ2n) is 4.88. The lowest BCUT2D eigenvalue weighted by molar-refractivity contribution is 0.946. The maximum absolute atomic E-state index is 6.34. The average molecular weight is 393 g/mol. The van der Waals surface area contributed by atoms with Crippen molar-refractivity contribution in [1.29, 1.82) is 0 Å². The first-order chi connectivity index (χ1) is 9.38. The molecule has 0 spiro atoms. The van der Waals surface area contributed by atoms with Crippen molar-refractivity contribution >= 4 is 50.7 Å². The lowest BCUT2D eigenvalue weighted by atomic mass is 10.0. The maximum atomic E-state index is 6.34. The molecule has 1 atom stereocenters. The smallest absolute Gasteiger partial charge is 0.0595 e. The van der Waals surface area contributed by atoms with Gasteiger partial charge in [-0.1, -0.05) is 62.9 Å². The molecule has 1 unspecified atom stereocenters. The molecule has 2 aromatic rings. The largest absolute Gasteiger partial charge is 0.0840 e. The Kier molecular flexibility index (Phi) is 5.42. The molecule has 2 rings (SSSR count). The normalized spacial score (nSPS) is 12.5. The molecule has 0 amide bonds. The summed E-state index contributed by atoms with van der Waals surface area (Å²) >= 11 is 22.0. The number of rotatable bonds is 3. The molecular formula is C16H14BrCl3. The van der Waals surface area contributed by atoms with Gasteiger partial charge in [0, 0.05) is 9.85 Å². The average Bonchev–Trinajstić information content (AvgIpc) is 2.38. The molecule has 0 saturated heterocycles. The highest BCUT2D eigenvalue weighted by Gasteiger charge is 2.14. The Labute approximate surface area is 143 Å². The Morgan fingerprint density at radius 2 is 1.55 bits per heavy atom. The van der Waals surface area contributed by atoms with Gasteiger partial charge in [0.15, 0.2) is 0 Å². The SMILES string of the molecule is Cc1cc(Cl)c(C(Br)Cc2ccc(Cl)c(Cl)c2)cc1C.